The van der Waals surface area contributed by atoms with Crippen molar-refractivity contribution in [3.8, 4) is 0 Å². The van der Waals surface area contributed by atoms with E-state index < -0.39 is 0 Å². The molecule has 14 heavy (non-hydrogen) atoms. The molecule has 0 aromatic heterocycles. The van der Waals surface area contributed by atoms with Gasteiger partial charge in [-0.15, -0.1) is 0 Å². The highest BCUT2D eigenvalue weighted by Gasteiger charge is 1.94. The SMILES string of the molecule is C1COC1.c1ccc2ccccc2c1. The minimum Gasteiger partial charge on any atom is -0.381 e. The summed E-state index contributed by atoms with van der Waals surface area (Å²) >= 11 is 0. The predicted molar refractivity (Wildman–Crippen MR) is 59.4 cm³/mol. The molecule has 1 aliphatic rings. The Hall–Kier alpha value is -1.34. The largest absolute Gasteiger partial charge is 0.381 e. The first-order valence-corrected chi connectivity index (χ1v) is 4.98. The first-order valence-electron chi connectivity index (χ1n) is 4.98. The second kappa shape index (κ2) is 4.77. The van der Waals surface area contributed by atoms with Gasteiger partial charge in [-0.1, -0.05) is 48.5 Å². The van der Waals surface area contributed by atoms with Crippen molar-refractivity contribution in [2.24, 2.45) is 0 Å². The fourth-order valence-corrected chi connectivity index (χ4v) is 1.28. The van der Waals surface area contributed by atoms with Crippen molar-refractivity contribution in [3.63, 3.8) is 0 Å². The lowest BCUT2D eigenvalue weighted by molar-refractivity contribution is 0.0367. The van der Waals surface area contributed by atoms with Crippen molar-refractivity contribution in [1.82, 2.24) is 0 Å². The van der Waals surface area contributed by atoms with Crippen LogP contribution < -0.4 is 0 Å². The van der Waals surface area contributed by atoms with Gasteiger partial charge in [-0.05, 0) is 17.2 Å². The van der Waals surface area contributed by atoms with Crippen LogP contribution in [0.25, 0.3) is 10.8 Å². The fourth-order valence-electron chi connectivity index (χ4n) is 1.28. The first kappa shape index (κ1) is 9.22. The summed E-state index contributed by atoms with van der Waals surface area (Å²) in [6, 6.07) is 16.7. The fraction of sp³-hybridized carbons (Fsp3) is 0.231. The van der Waals surface area contributed by atoms with Crippen molar-refractivity contribution in [1.29, 1.82) is 0 Å². The zero-order valence-corrected chi connectivity index (χ0v) is 8.15. The molecule has 1 heteroatoms. The van der Waals surface area contributed by atoms with E-state index >= 15 is 0 Å². The van der Waals surface area contributed by atoms with Gasteiger partial charge in [-0.2, -0.15) is 0 Å². The number of rotatable bonds is 0. The minimum absolute atomic E-state index is 1.00. The van der Waals surface area contributed by atoms with Crippen LogP contribution in [0.3, 0.4) is 0 Å². The van der Waals surface area contributed by atoms with Gasteiger partial charge >= 0.3 is 0 Å². The smallest absolute Gasteiger partial charge is 0.0488 e. The molecule has 72 valence electrons. The number of benzene rings is 2. The Kier molecular flexibility index (Phi) is 3.15. The standard InChI is InChI=1S/C10H8.C3H6O/c1-2-6-10-8-4-3-7-9(10)5-1;1-2-4-3-1/h1-8H;1-3H2. The molecular weight excluding hydrogens is 172 g/mol. The van der Waals surface area contributed by atoms with E-state index in [0.717, 1.165) is 13.2 Å². The van der Waals surface area contributed by atoms with Gasteiger partial charge < -0.3 is 4.74 Å². The summed E-state index contributed by atoms with van der Waals surface area (Å²) in [6.07, 6.45) is 1.28. The lowest BCUT2D eigenvalue weighted by Crippen LogP contribution is -2.09. The summed E-state index contributed by atoms with van der Waals surface area (Å²) in [5.74, 6) is 0. The molecule has 1 saturated heterocycles. The zero-order chi connectivity index (χ0) is 9.64. The molecule has 2 aromatic rings. The average Bonchev–Trinajstić information content (AvgIpc) is 2.16. The molecule has 0 radical (unpaired) electrons. The molecule has 0 N–H and O–H groups in total. The van der Waals surface area contributed by atoms with Crippen LogP contribution in [0.15, 0.2) is 48.5 Å². The summed E-state index contributed by atoms with van der Waals surface area (Å²) in [5, 5.41) is 2.62. The Morgan fingerprint density at radius 1 is 0.714 bits per heavy atom. The number of hydrogen-bond donors (Lipinski definition) is 0. The van der Waals surface area contributed by atoms with Crippen molar-refractivity contribution in [2.45, 2.75) is 6.42 Å². The summed E-state index contributed by atoms with van der Waals surface area (Å²) in [4.78, 5) is 0. The second-order valence-electron chi connectivity index (χ2n) is 3.31. The van der Waals surface area contributed by atoms with Gasteiger partial charge in [0, 0.05) is 13.2 Å². The van der Waals surface area contributed by atoms with Crippen LogP contribution in [0.5, 0.6) is 0 Å². The molecule has 3 rings (SSSR count). The Morgan fingerprint density at radius 2 is 1.00 bits per heavy atom. The van der Waals surface area contributed by atoms with Crippen molar-refractivity contribution in [3.05, 3.63) is 48.5 Å². The minimum atomic E-state index is 1.00. The van der Waals surface area contributed by atoms with E-state index in [9.17, 15) is 0 Å². The molecule has 2 aromatic carbocycles. The lowest BCUT2D eigenvalue weighted by atomic mass is 10.1. The molecule has 0 atom stereocenters. The zero-order valence-electron chi connectivity index (χ0n) is 8.15. The van der Waals surface area contributed by atoms with E-state index in [1.54, 1.807) is 0 Å². The molecule has 0 spiro atoms. The van der Waals surface area contributed by atoms with Gasteiger partial charge in [-0.25, -0.2) is 0 Å². The lowest BCUT2D eigenvalue weighted by Gasteiger charge is -2.09. The van der Waals surface area contributed by atoms with Gasteiger partial charge in [0.1, 0.15) is 0 Å². The van der Waals surface area contributed by atoms with Crippen LogP contribution in [-0.2, 0) is 4.74 Å². The Labute approximate surface area is 84.3 Å². The van der Waals surface area contributed by atoms with Gasteiger partial charge in [0.15, 0.2) is 0 Å². The summed E-state index contributed by atoms with van der Waals surface area (Å²) < 4.78 is 4.72. The molecule has 1 nitrogen and oxygen atoms in total. The normalized spacial score (nSPS) is 14.0. The second-order valence-corrected chi connectivity index (χ2v) is 3.31. The van der Waals surface area contributed by atoms with Gasteiger partial charge in [-0.3, -0.25) is 0 Å². The Morgan fingerprint density at radius 3 is 1.21 bits per heavy atom. The molecule has 0 unspecified atom stereocenters. The Bertz CT molecular complexity index is 322. The van der Waals surface area contributed by atoms with E-state index in [0.29, 0.717) is 0 Å². The van der Waals surface area contributed by atoms with Crippen LogP contribution in [-0.4, -0.2) is 13.2 Å². The van der Waals surface area contributed by atoms with Crippen LogP contribution in [0.2, 0.25) is 0 Å². The maximum Gasteiger partial charge on any atom is 0.0488 e. The van der Waals surface area contributed by atoms with E-state index in [-0.39, 0.29) is 0 Å². The van der Waals surface area contributed by atoms with E-state index in [2.05, 4.69) is 48.5 Å². The molecule has 1 heterocycles. The quantitative estimate of drug-likeness (QED) is 0.613. The van der Waals surface area contributed by atoms with Crippen molar-refractivity contribution < 1.29 is 4.74 Å². The third kappa shape index (κ3) is 2.33. The van der Waals surface area contributed by atoms with Crippen LogP contribution in [0.4, 0.5) is 0 Å². The molecule has 0 amide bonds. The Balaban J connectivity index is 0.000000157. The molecule has 1 fully saturated rings. The molecular formula is C13H14O. The highest BCUT2D eigenvalue weighted by molar-refractivity contribution is 5.81. The van der Waals surface area contributed by atoms with Gasteiger partial charge in [0.05, 0.1) is 0 Å². The summed E-state index contributed by atoms with van der Waals surface area (Å²) in [5.41, 5.74) is 0. The van der Waals surface area contributed by atoms with Crippen LogP contribution in [0, 0.1) is 0 Å². The highest BCUT2D eigenvalue weighted by Crippen LogP contribution is 2.11. The molecule has 0 bridgehead atoms. The van der Waals surface area contributed by atoms with Gasteiger partial charge in [0.25, 0.3) is 0 Å². The van der Waals surface area contributed by atoms with E-state index in [1.165, 1.54) is 17.2 Å². The van der Waals surface area contributed by atoms with Crippen LogP contribution >= 0.6 is 0 Å². The van der Waals surface area contributed by atoms with E-state index in [1.807, 2.05) is 0 Å². The summed E-state index contributed by atoms with van der Waals surface area (Å²) in [6.45, 7) is 2.00. The van der Waals surface area contributed by atoms with Gasteiger partial charge in [0.2, 0.25) is 0 Å². The number of hydrogen-bond acceptors (Lipinski definition) is 1. The molecule has 0 aliphatic carbocycles. The summed E-state index contributed by atoms with van der Waals surface area (Å²) in [7, 11) is 0. The van der Waals surface area contributed by atoms with Crippen LogP contribution in [0.1, 0.15) is 6.42 Å². The maximum atomic E-state index is 4.72. The van der Waals surface area contributed by atoms with Crippen molar-refractivity contribution >= 4 is 10.8 Å². The topological polar surface area (TPSA) is 9.23 Å². The van der Waals surface area contributed by atoms with E-state index in [4.69, 9.17) is 4.74 Å². The number of fused-ring (bicyclic) bond motifs is 1. The average molecular weight is 186 g/mol. The number of ether oxygens (including phenoxy) is 1. The third-order valence-electron chi connectivity index (χ3n) is 2.24. The predicted octanol–water partition coefficient (Wildman–Crippen LogP) is 3.25. The molecule has 1 aliphatic heterocycles. The molecule has 0 saturated carbocycles. The highest BCUT2D eigenvalue weighted by atomic mass is 16.5. The maximum absolute atomic E-state index is 4.72. The monoisotopic (exact) mass is 186 g/mol. The first-order chi connectivity index (χ1) is 6.97. The third-order valence-corrected chi connectivity index (χ3v) is 2.24. The van der Waals surface area contributed by atoms with Crippen molar-refractivity contribution in [2.75, 3.05) is 13.2 Å².